The van der Waals surface area contributed by atoms with Crippen LogP contribution >= 0.6 is 0 Å². The number of piperidine rings is 1. The Morgan fingerprint density at radius 1 is 1.33 bits per heavy atom. The van der Waals surface area contributed by atoms with Crippen LogP contribution < -0.4 is 5.73 Å². The molecule has 0 bridgehead atoms. The molecule has 0 saturated carbocycles. The number of hydrogen-bond acceptors (Lipinski definition) is 5. The van der Waals surface area contributed by atoms with Gasteiger partial charge in [0.2, 0.25) is 10.0 Å². The third-order valence-electron chi connectivity index (χ3n) is 4.24. The van der Waals surface area contributed by atoms with Gasteiger partial charge in [0.15, 0.2) is 0 Å². The van der Waals surface area contributed by atoms with Crippen LogP contribution in [0.4, 0.5) is 5.82 Å². The molecule has 1 atom stereocenters. The van der Waals surface area contributed by atoms with Gasteiger partial charge in [0.25, 0.3) is 0 Å². The summed E-state index contributed by atoms with van der Waals surface area (Å²) in [6.07, 6.45) is 5.08. The van der Waals surface area contributed by atoms with Gasteiger partial charge in [-0.25, -0.2) is 12.7 Å². The minimum atomic E-state index is -3.21. The molecule has 0 amide bonds. The molecule has 21 heavy (non-hydrogen) atoms. The Labute approximate surface area is 125 Å². The zero-order valence-corrected chi connectivity index (χ0v) is 12.8. The minimum absolute atomic E-state index is 0.117. The summed E-state index contributed by atoms with van der Waals surface area (Å²) in [5.74, 6) is 0.621. The Kier molecular flexibility index (Phi) is 4.19. The van der Waals surface area contributed by atoms with Gasteiger partial charge in [0.1, 0.15) is 5.82 Å². The molecule has 2 N–H and O–H groups in total. The average Bonchev–Trinajstić information content (AvgIpc) is 3.10. The lowest BCUT2D eigenvalue weighted by atomic mass is 10.1. The van der Waals surface area contributed by atoms with Crippen molar-refractivity contribution in [1.29, 1.82) is 0 Å². The van der Waals surface area contributed by atoms with E-state index < -0.39 is 10.0 Å². The van der Waals surface area contributed by atoms with E-state index in [0.29, 0.717) is 25.5 Å². The lowest BCUT2D eigenvalue weighted by Gasteiger charge is -2.31. The van der Waals surface area contributed by atoms with Crippen LogP contribution in [0.15, 0.2) is 12.3 Å². The maximum absolute atomic E-state index is 12.4. The summed E-state index contributed by atoms with van der Waals surface area (Å²) in [5.41, 5.74) is 5.62. The molecular weight excluding hydrogens is 292 g/mol. The van der Waals surface area contributed by atoms with Crippen LogP contribution in [0.1, 0.15) is 31.7 Å². The number of nitrogen functional groups attached to an aromatic ring is 1. The number of anilines is 1. The second-order valence-electron chi connectivity index (χ2n) is 5.76. The SMILES string of the molecule is Nc1ccn(C2CCN(S(=O)(=O)CC3CCCO3)CC2)n1. The van der Waals surface area contributed by atoms with Crippen molar-refractivity contribution in [1.82, 2.24) is 14.1 Å². The van der Waals surface area contributed by atoms with Crippen molar-refractivity contribution in [2.24, 2.45) is 0 Å². The first-order valence-corrected chi connectivity index (χ1v) is 9.05. The normalized spacial score (nSPS) is 25.4. The van der Waals surface area contributed by atoms with E-state index in [9.17, 15) is 8.42 Å². The fraction of sp³-hybridized carbons (Fsp3) is 0.769. The number of sulfonamides is 1. The number of nitrogens with zero attached hydrogens (tertiary/aromatic N) is 3. The predicted molar refractivity (Wildman–Crippen MR) is 79.2 cm³/mol. The first kappa shape index (κ1) is 14.8. The number of hydrogen-bond donors (Lipinski definition) is 1. The van der Waals surface area contributed by atoms with Crippen molar-refractivity contribution in [2.45, 2.75) is 37.8 Å². The maximum atomic E-state index is 12.4. The van der Waals surface area contributed by atoms with Crippen LogP contribution in [0.5, 0.6) is 0 Å². The van der Waals surface area contributed by atoms with E-state index in [2.05, 4.69) is 5.10 Å². The summed E-state index contributed by atoms with van der Waals surface area (Å²) in [7, 11) is -3.21. The van der Waals surface area contributed by atoms with Crippen molar-refractivity contribution in [3.05, 3.63) is 12.3 Å². The van der Waals surface area contributed by atoms with Gasteiger partial charge in [0, 0.05) is 25.9 Å². The van der Waals surface area contributed by atoms with Crippen molar-refractivity contribution in [3.8, 4) is 0 Å². The van der Waals surface area contributed by atoms with Crippen LogP contribution in [0, 0.1) is 0 Å². The smallest absolute Gasteiger partial charge is 0.216 e. The summed E-state index contributed by atoms with van der Waals surface area (Å²) < 4.78 is 33.7. The van der Waals surface area contributed by atoms with Crippen LogP contribution in [0.25, 0.3) is 0 Å². The monoisotopic (exact) mass is 314 g/mol. The highest BCUT2D eigenvalue weighted by Gasteiger charge is 2.32. The molecule has 0 aliphatic carbocycles. The molecule has 3 heterocycles. The van der Waals surface area contributed by atoms with E-state index in [1.165, 1.54) is 0 Å². The molecule has 2 aliphatic rings. The first-order chi connectivity index (χ1) is 10.0. The van der Waals surface area contributed by atoms with E-state index in [1.807, 2.05) is 10.9 Å². The Balaban J connectivity index is 1.57. The molecule has 1 aromatic heterocycles. The van der Waals surface area contributed by atoms with E-state index in [-0.39, 0.29) is 17.9 Å². The first-order valence-electron chi connectivity index (χ1n) is 7.45. The second-order valence-corrected chi connectivity index (χ2v) is 7.78. The topological polar surface area (TPSA) is 90.5 Å². The quantitative estimate of drug-likeness (QED) is 0.879. The summed E-state index contributed by atoms with van der Waals surface area (Å²) in [6.45, 7) is 1.77. The largest absolute Gasteiger partial charge is 0.382 e. The molecule has 2 aliphatic heterocycles. The third kappa shape index (κ3) is 3.38. The summed E-state index contributed by atoms with van der Waals surface area (Å²) >= 11 is 0. The molecular formula is C13H22N4O3S. The summed E-state index contributed by atoms with van der Waals surface area (Å²) in [6, 6.07) is 2.00. The highest BCUT2D eigenvalue weighted by molar-refractivity contribution is 7.89. The van der Waals surface area contributed by atoms with E-state index in [4.69, 9.17) is 10.5 Å². The molecule has 8 heteroatoms. The van der Waals surface area contributed by atoms with Crippen LogP contribution in [-0.2, 0) is 14.8 Å². The molecule has 1 aromatic rings. The maximum Gasteiger partial charge on any atom is 0.216 e. The molecule has 7 nitrogen and oxygen atoms in total. The van der Waals surface area contributed by atoms with Gasteiger partial charge in [-0.1, -0.05) is 0 Å². The van der Waals surface area contributed by atoms with Gasteiger partial charge >= 0.3 is 0 Å². The zero-order valence-electron chi connectivity index (χ0n) is 12.0. The fourth-order valence-electron chi connectivity index (χ4n) is 3.06. The molecule has 0 aromatic carbocycles. The van der Waals surface area contributed by atoms with Gasteiger partial charge in [-0.2, -0.15) is 5.10 Å². The number of ether oxygens (including phenoxy) is 1. The van der Waals surface area contributed by atoms with Crippen LogP contribution in [0.2, 0.25) is 0 Å². The molecule has 2 saturated heterocycles. The standard InChI is InChI=1S/C13H22N4O3S/c14-13-5-8-17(15-13)11-3-6-16(7-4-11)21(18,19)10-12-2-1-9-20-12/h5,8,11-12H,1-4,6-7,9-10H2,(H2,14,15). The fourth-order valence-corrected chi connectivity index (χ4v) is 4.77. The lowest BCUT2D eigenvalue weighted by molar-refractivity contribution is 0.126. The van der Waals surface area contributed by atoms with Crippen molar-refractivity contribution < 1.29 is 13.2 Å². The Morgan fingerprint density at radius 3 is 2.67 bits per heavy atom. The molecule has 2 fully saturated rings. The lowest BCUT2D eigenvalue weighted by Crippen LogP contribution is -2.42. The van der Waals surface area contributed by atoms with Crippen LogP contribution in [-0.4, -0.2) is 54.1 Å². The number of aromatic nitrogens is 2. The van der Waals surface area contributed by atoms with E-state index in [1.54, 1.807) is 10.4 Å². The zero-order chi connectivity index (χ0) is 14.9. The molecule has 3 rings (SSSR count). The van der Waals surface area contributed by atoms with Gasteiger partial charge < -0.3 is 10.5 Å². The van der Waals surface area contributed by atoms with Gasteiger partial charge in [0.05, 0.1) is 17.9 Å². The summed E-state index contributed by atoms with van der Waals surface area (Å²) in [5, 5.41) is 4.21. The van der Waals surface area contributed by atoms with Gasteiger partial charge in [-0.15, -0.1) is 0 Å². The van der Waals surface area contributed by atoms with E-state index in [0.717, 1.165) is 25.7 Å². The average molecular weight is 314 g/mol. The highest BCUT2D eigenvalue weighted by Crippen LogP contribution is 2.25. The minimum Gasteiger partial charge on any atom is -0.382 e. The molecule has 0 radical (unpaired) electrons. The number of nitrogens with two attached hydrogens (primary N) is 1. The Bertz CT molecular complexity index is 572. The highest BCUT2D eigenvalue weighted by atomic mass is 32.2. The van der Waals surface area contributed by atoms with Crippen molar-refractivity contribution >= 4 is 15.8 Å². The Morgan fingerprint density at radius 2 is 2.10 bits per heavy atom. The molecule has 118 valence electrons. The predicted octanol–water partition coefficient (Wildman–Crippen LogP) is 0.611. The third-order valence-corrected chi connectivity index (χ3v) is 6.19. The van der Waals surface area contributed by atoms with Crippen LogP contribution in [0.3, 0.4) is 0 Å². The van der Waals surface area contributed by atoms with E-state index >= 15 is 0 Å². The van der Waals surface area contributed by atoms with Gasteiger partial charge in [-0.3, -0.25) is 4.68 Å². The summed E-state index contributed by atoms with van der Waals surface area (Å²) in [4.78, 5) is 0. The second kappa shape index (κ2) is 5.94. The van der Waals surface area contributed by atoms with Crippen molar-refractivity contribution in [3.63, 3.8) is 0 Å². The van der Waals surface area contributed by atoms with Crippen molar-refractivity contribution in [2.75, 3.05) is 31.2 Å². The number of rotatable bonds is 4. The molecule has 0 spiro atoms. The van der Waals surface area contributed by atoms with Gasteiger partial charge in [-0.05, 0) is 31.7 Å². The molecule has 1 unspecified atom stereocenters. The Hall–Kier alpha value is -1.12.